The minimum atomic E-state index is 0.813. The summed E-state index contributed by atoms with van der Waals surface area (Å²) in [4.78, 5) is 11.2. The zero-order valence-corrected chi connectivity index (χ0v) is 41.5. The molecule has 0 aliphatic carbocycles. The molecule has 15 rings (SSSR count). The van der Waals surface area contributed by atoms with Crippen molar-refractivity contribution < 1.29 is 0 Å². The Morgan fingerprint density at radius 2 is 0.635 bits per heavy atom. The summed E-state index contributed by atoms with van der Waals surface area (Å²) in [5.74, 6) is 1.63. The second kappa shape index (κ2) is 16.0. The molecular formula is C68H48N6. The van der Waals surface area contributed by atoms with Crippen LogP contribution in [0.25, 0.3) is 132 Å². The van der Waals surface area contributed by atoms with Crippen molar-refractivity contribution in [1.82, 2.24) is 28.2 Å². The smallest absolute Gasteiger partial charge is 0.165 e. The fraction of sp³-hybridized carbons (Fsp3) is 0.0588. The van der Waals surface area contributed by atoms with Crippen LogP contribution < -0.4 is 0 Å². The second-order valence-corrected chi connectivity index (χ2v) is 20.1. The molecule has 0 saturated carbocycles. The topological polar surface area (TPSA) is 45.5 Å². The van der Waals surface area contributed by atoms with Gasteiger partial charge in [-0.1, -0.05) is 150 Å². The first-order chi connectivity index (χ1) is 36.4. The molecule has 0 N–H and O–H groups in total. The van der Waals surface area contributed by atoms with Crippen molar-refractivity contribution in [1.29, 1.82) is 0 Å². The highest BCUT2D eigenvalue weighted by Gasteiger charge is 2.33. The van der Waals surface area contributed by atoms with E-state index >= 15 is 0 Å². The Labute approximate surface area is 427 Å². The van der Waals surface area contributed by atoms with Crippen LogP contribution in [0.3, 0.4) is 0 Å². The number of fused-ring (bicyclic) bond motifs is 12. The lowest BCUT2D eigenvalue weighted by Gasteiger charge is -2.27. The minimum absolute atomic E-state index is 0.813. The van der Waals surface area contributed by atoms with E-state index in [2.05, 4.69) is 246 Å². The Bertz CT molecular complexity index is 4570. The number of benzene rings is 9. The van der Waals surface area contributed by atoms with Crippen molar-refractivity contribution in [2.75, 3.05) is 0 Å². The normalized spacial score (nSPS) is 12.1. The molecule has 0 atom stereocenters. The minimum Gasteiger partial charge on any atom is -0.305 e. The van der Waals surface area contributed by atoms with Gasteiger partial charge in [0.1, 0.15) is 11.4 Å². The SMILES string of the molecule is Cc1ccc2c(c1)c1ccccc1n2-c1nc(-n2c3ccccc3c3cc(C)ccc32)c(-n2c3ccccc3c3cc(C)ccc32)c(-c2ccccc2-c2cccnc2)c1-n1c2ccccc2c2cc(C)ccc21. The molecule has 0 saturated heterocycles. The number of nitrogens with zero attached hydrogens (tertiary/aromatic N) is 6. The van der Waals surface area contributed by atoms with Crippen molar-refractivity contribution in [3.63, 3.8) is 0 Å². The Morgan fingerprint density at radius 1 is 0.297 bits per heavy atom. The summed E-state index contributed by atoms with van der Waals surface area (Å²) in [5, 5.41) is 9.43. The van der Waals surface area contributed by atoms with Gasteiger partial charge < -0.3 is 9.13 Å². The molecule has 6 heteroatoms. The molecule has 0 fully saturated rings. The number of hydrogen-bond donors (Lipinski definition) is 0. The van der Waals surface area contributed by atoms with E-state index in [1.807, 2.05) is 18.5 Å². The van der Waals surface area contributed by atoms with Gasteiger partial charge in [0.15, 0.2) is 11.6 Å². The number of aromatic nitrogens is 6. The van der Waals surface area contributed by atoms with Crippen molar-refractivity contribution >= 4 is 87.2 Å². The first-order valence-electron chi connectivity index (χ1n) is 25.5. The molecule has 0 spiro atoms. The fourth-order valence-corrected chi connectivity index (χ4v) is 12.3. The van der Waals surface area contributed by atoms with Crippen LogP contribution in [-0.2, 0) is 0 Å². The molecule has 15 aromatic rings. The molecular weight excluding hydrogens is 901 g/mol. The highest BCUT2D eigenvalue weighted by molar-refractivity contribution is 6.16. The van der Waals surface area contributed by atoms with E-state index in [1.54, 1.807) is 0 Å². The molecule has 0 bridgehead atoms. The maximum absolute atomic E-state index is 6.44. The Balaban J connectivity index is 1.30. The van der Waals surface area contributed by atoms with Gasteiger partial charge in [-0.3, -0.25) is 14.1 Å². The van der Waals surface area contributed by atoms with Crippen LogP contribution in [0.2, 0.25) is 0 Å². The first kappa shape index (κ1) is 42.2. The molecule has 0 unspecified atom stereocenters. The number of para-hydroxylation sites is 4. The standard InChI is InChI=1S/C68H48N6/c1-41-27-31-60-52(36-41)47-18-7-11-23-56(47)71(60)65-64(51-22-6-5-17-46(51)45-16-15-35-69-40-45)66(72-57-24-12-8-19-48(57)53-37-42(2)28-32-61(53)72)68(74-59-26-14-10-21-50(59)55-39-44(4)30-34-63(55)74)70-67(65)73-58-25-13-9-20-49(58)54-38-43(3)29-33-62(54)73/h5-40H,1-4H3. The molecule has 0 aliphatic heterocycles. The van der Waals surface area contributed by atoms with E-state index in [1.165, 1.54) is 65.3 Å². The molecule has 9 aromatic carbocycles. The summed E-state index contributed by atoms with van der Waals surface area (Å²) >= 11 is 0. The van der Waals surface area contributed by atoms with Gasteiger partial charge in [0, 0.05) is 66.6 Å². The maximum atomic E-state index is 6.44. The average molecular weight is 949 g/mol. The van der Waals surface area contributed by atoms with Crippen LogP contribution in [0, 0.1) is 27.7 Å². The van der Waals surface area contributed by atoms with E-state index in [0.29, 0.717) is 0 Å². The van der Waals surface area contributed by atoms with Crippen molar-refractivity contribution in [2.24, 2.45) is 0 Å². The van der Waals surface area contributed by atoms with Gasteiger partial charge >= 0.3 is 0 Å². The van der Waals surface area contributed by atoms with Crippen LogP contribution in [0.4, 0.5) is 0 Å². The predicted octanol–water partition coefficient (Wildman–Crippen LogP) is 17.4. The maximum Gasteiger partial charge on any atom is 0.165 e. The summed E-state index contributed by atoms with van der Waals surface area (Å²) in [7, 11) is 0. The van der Waals surface area contributed by atoms with Gasteiger partial charge in [-0.25, -0.2) is 4.98 Å². The highest BCUT2D eigenvalue weighted by atomic mass is 15.2. The van der Waals surface area contributed by atoms with Crippen LogP contribution in [-0.4, -0.2) is 28.2 Å². The summed E-state index contributed by atoms with van der Waals surface area (Å²) in [6.45, 7) is 8.76. The number of rotatable bonds is 6. The second-order valence-electron chi connectivity index (χ2n) is 20.1. The molecule has 350 valence electrons. The van der Waals surface area contributed by atoms with Gasteiger partial charge in [-0.15, -0.1) is 0 Å². The van der Waals surface area contributed by atoms with Crippen molar-refractivity contribution in [3.05, 3.63) is 241 Å². The number of aryl methyl sites for hydroxylation is 4. The third-order valence-electron chi connectivity index (χ3n) is 15.5. The van der Waals surface area contributed by atoms with Crippen LogP contribution in [0.1, 0.15) is 22.3 Å². The lowest BCUT2D eigenvalue weighted by Crippen LogP contribution is -2.16. The first-order valence-corrected chi connectivity index (χ1v) is 25.5. The fourth-order valence-electron chi connectivity index (χ4n) is 12.3. The largest absolute Gasteiger partial charge is 0.305 e. The van der Waals surface area contributed by atoms with Gasteiger partial charge in [-0.05, 0) is 118 Å². The Hall–Kier alpha value is -9.52. The van der Waals surface area contributed by atoms with E-state index in [9.17, 15) is 0 Å². The molecule has 0 radical (unpaired) electrons. The van der Waals surface area contributed by atoms with Gasteiger partial charge in [0.05, 0.1) is 44.1 Å². The zero-order chi connectivity index (χ0) is 49.3. The molecule has 6 heterocycles. The van der Waals surface area contributed by atoms with E-state index in [0.717, 1.165) is 89.4 Å². The Morgan fingerprint density at radius 3 is 1.03 bits per heavy atom. The third kappa shape index (κ3) is 6.06. The quantitative estimate of drug-likeness (QED) is 0.167. The molecule has 74 heavy (non-hydrogen) atoms. The summed E-state index contributed by atoms with van der Waals surface area (Å²) in [6, 6.07) is 76.2. The van der Waals surface area contributed by atoms with E-state index in [-0.39, 0.29) is 0 Å². The van der Waals surface area contributed by atoms with Gasteiger partial charge in [0.25, 0.3) is 0 Å². The highest BCUT2D eigenvalue weighted by Crippen LogP contribution is 2.50. The van der Waals surface area contributed by atoms with Crippen molar-refractivity contribution in [2.45, 2.75) is 27.7 Å². The predicted molar refractivity (Wildman–Crippen MR) is 309 cm³/mol. The van der Waals surface area contributed by atoms with Crippen LogP contribution in [0.15, 0.2) is 219 Å². The van der Waals surface area contributed by atoms with Crippen LogP contribution >= 0.6 is 0 Å². The van der Waals surface area contributed by atoms with Crippen molar-refractivity contribution in [3.8, 4) is 45.3 Å². The third-order valence-corrected chi connectivity index (χ3v) is 15.5. The molecule has 6 aromatic heterocycles. The summed E-state index contributed by atoms with van der Waals surface area (Å²) in [5.41, 5.74) is 19.6. The van der Waals surface area contributed by atoms with E-state index < -0.39 is 0 Å². The average Bonchev–Trinajstić information content (AvgIpc) is 4.16. The number of hydrogen-bond acceptors (Lipinski definition) is 2. The molecule has 0 aliphatic rings. The lowest BCUT2D eigenvalue weighted by atomic mass is 9.92. The number of pyridine rings is 2. The Kier molecular flexibility index (Phi) is 9.12. The zero-order valence-electron chi connectivity index (χ0n) is 41.5. The lowest BCUT2D eigenvalue weighted by molar-refractivity contribution is 0.961. The van der Waals surface area contributed by atoms with Gasteiger partial charge in [0.2, 0.25) is 0 Å². The molecule has 0 amide bonds. The summed E-state index contributed by atoms with van der Waals surface area (Å²) < 4.78 is 9.95. The van der Waals surface area contributed by atoms with Gasteiger partial charge in [-0.2, -0.15) is 0 Å². The van der Waals surface area contributed by atoms with E-state index in [4.69, 9.17) is 9.97 Å². The summed E-state index contributed by atoms with van der Waals surface area (Å²) in [6.07, 6.45) is 3.86. The molecule has 6 nitrogen and oxygen atoms in total. The van der Waals surface area contributed by atoms with Crippen LogP contribution in [0.5, 0.6) is 0 Å². The monoisotopic (exact) mass is 948 g/mol.